The molecule has 1 aliphatic carbocycles. The summed E-state index contributed by atoms with van der Waals surface area (Å²) in [5, 5.41) is 3.14. The highest BCUT2D eigenvalue weighted by atomic mass is 16.5. The monoisotopic (exact) mass is 319 g/mol. The molecule has 3 unspecified atom stereocenters. The lowest BCUT2D eigenvalue weighted by atomic mass is 9.57. The Balaban J connectivity index is 1.73. The van der Waals surface area contributed by atoms with Gasteiger partial charge in [-0.2, -0.15) is 0 Å². The Hall–Kier alpha value is -1.95. The molecule has 0 bridgehead atoms. The second-order valence-corrected chi connectivity index (χ2v) is 6.72. The van der Waals surface area contributed by atoms with Crippen LogP contribution in [-0.4, -0.2) is 38.9 Å². The number of ether oxygens (including phenoxy) is 3. The van der Waals surface area contributed by atoms with E-state index in [9.17, 15) is 0 Å². The summed E-state index contributed by atoms with van der Waals surface area (Å²) in [6.07, 6.45) is 1.37. The smallest absolute Gasteiger partial charge is 0.193 e. The minimum absolute atomic E-state index is 0.0328. The lowest BCUT2D eigenvalue weighted by Gasteiger charge is -2.52. The summed E-state index contributed by atoms with van der Waals surface area (Å²) in [5.74, 6) is 2.23. The number of anilines is 1. The van der Waals surface area contributed by atoms with E-state index in [2.05, 4.69) is 19.2 Å². The summed E-state index contributed by atoms with van der Waals surface area (Å²) in [6.45, 7) is 5.21. The molecule has 126 valence electrons. The quantitative estimate of drug-likeness (QED) is 0.657. The van der Waals surface area contributed by atoms with Crippen LogP contribution >= 0.6 is 0 Å². The van der Waals surface area contributed by atoms with Crippen LogP contribution in [-0.2, 0) is 4.74 Å². The van der Waals surface area contributed by atoms with Gasteiger partial charge in [-0.15, -0.1) is 0 Å². The van der Waals surface area contributed by atoms with Gasteiger partial charge in [-0.3, -0.25) is 0 Å². The molecule has 23 heavy (non-hydrogen) atoms. The van der Waals surface area contributed by atoms with E-state index in [-0.39, 0.29) is 11.5 Å². The van der Waals surface area contributed by atoms with Gasteiger partial charge in [-0.05, 0) is 18.6 Å². The Morgan fingerprint density at radius 1 is 1.30 bits per heavy atom. The van der Waals surface area contributed by atoms with Gasteiger partial charge < -0.3 is 25.3 Å². The largest absolute Gasteiger partial charge is 0.493 e. The van der Waals surface area contributed by atoms with Gasteiger partial charge in [-0.25, -0.2) is 4.99 Å². The molecule has 6 nitrogen and oxygen atoms in total. The number of benzene rings is 1. The molecule has 1 aromatic carbocycles. The number of fused-ring (bicyclic) bond motifs is 1. The average molecular weight is 319 g/mol. The third-order valence-electron chi connectivity index (χ3n) is 4.97. The number of nitrogens with one attached hydrogen (secondary N) is 1. The minimum atomic E-state index is 0.0328. The fraction of sp³-hybridized carbons (Fsp3) is 0.588. The maximum Gasteiger partial charge on any atom is 0.193 e. The van der Waals surface area contributed by atoms with Gasteiger partial charge in [0.15, 0.2) is 17.5 Å². The number of hydrogen-bond acceptors (Lipinski definition) is 4. The van der Waals surface area contributed by atoms with Gasteiger partial charge >= 0.3 is 0 Å². The normalized spacial score (nSPS) is 28.7. The van der Waals surface area contributed by atoms with Crippen LogP contribution < -0.4 is 20.5 Å². The zero-order valence-corrected chi connectivity index (χ0v) is 14.1. The Morgan fingerprint density at radius 3 is 2.74 bits per heavy atom. The number of rotatable bonds is 4. The van der Waals surface area contributed by atoms with Crippen LogP contribution in [0.3, 0.4) is 0 Å². The molecule has 0 spiro atoms. The van der Waals surface area contributed by atoms with Gasteiger partial charge in [0.1, 0.15) is 0 Å². The summed E-state index contributed by atoms with van der Waals surface area (Å²) in [4.78, 5) is 4.70. The summed E-state index contributed by atoms with van der Waals surface area (Å²) < 4.78 is 16.3. The molecule has 0 radical (unpaired) electrons. The fourth-order valence-corrected chi connectivity index (χ4v) is 3.80. The van der Waals surface area contributed by atoms with Gasteiger partial charge in [0.2, 0.25) is 0 Å². The van der Waals surface area contributed by atoms with Crippen molar-refractivity contribution in [3.8, 4) is 11.5 Å². The first-order valence-corrected chi connectivity index (χ1v) is 7.91. The van der Waals surface area contributed by atoms with Gasteiger partial charge in [-0.1, -0.05) is 13.8 Å². The van der Waals surface area contributed by atoms with Crippen LogP contribution in [0.25, 0.3) is 0 Å². The van der Waals surface area contributed by atoms with Crippen molar-refractivity contribution in [2.45, 2.75) is 32.4 Å². The molecule has 0 amide bonds. The molecule has 2 fully saturated rings. The zero-order chi connectivity index (χ0) is 16.6. The number of aliphatic imine (C=N–C) groups is 1. The number of nitrogens with zero attached hydrogens (tertiary/aromatic N) is 1. The summed E-state index contributed by atoms with van der Waals surface area (Å²) in [6, 6.07) is 5.76. The average Bonchev–Trinajstić information content (AvgIpc) is 2.99. The van der Waals surface area contributed by atoms with Crippen LogP contribution in [0.4, 0.5) is 5.69 Å². The Kier molecular flexibility index (Phi) is 4.10. The summed E-state index contributed by atoms with van der Waals surface area (Å²) in [7, 11) is 3.22. The van der Waals surface area contributed by atoms with Gasteiger partial charge in [0.05, 0.1) is 26.4 Å². The topological polar surface area (TPSA) is 78.1 Å². The van der Waals surface area contributed by atoms with E-state index in [1.807, 2.05) is 18.2 Å². The Bertz CT molecular complexity index is 615. The van der Waals surface area contributed by atoms with Crippen LogP contribution in [0.1, 0.15) is 20.3 Å². The molecule has 2 aliphatic rings. The molecule has 3 atom stereocenters. The molecule has 0 aromatic heterocycles. The third-order valence-corrected chi connectivity index (χ3v) is 4.97. The van der Waals surface area contributed by atoms with Crippen molar-refractivity contribution in [2.75, 3.05) is 26.1 Å². The molecule has 6 heteroatoms. The van der Waals surface area contributed by atoms with E-state index in [1.165, 1.54) is 0 Å². The van der Waals surface area contributed by atoms with Crippen LogP contribution in [0, 0.1) is 11.3 Å². The first kappa shape index (κ1) is 15.9. The zero-order valence-electron chi connectivity index (χ0n) is 14.1. The molecule has 3 rings (SSSR count). The van der Waals surface area contributed by atoms with E-state index in [4.69, 9.17) is 24.9 Å². The Morgan fingerprint density at radius 2 is 2.04 bits per heavy atom. The van der Waals surface area contributed by atoms with Crippen molar-refractivity contribution >= 4 is 11.6 Å². The van der Waals surface area contributed by atoms with Crippen molar-refractivity contribution in [2.24, 2.45) is 22.1 Å². The van der Waals surface area contributed by atoms with E-state index < -0.39 is 0 Å². The highest BCUT2D eigenvalue weighted by Crippen LogP contribution is 2.53. The van der Waals surface area contributed by atoms with E-state index in [0.29, 0.717) is 29.5 Å². The van der Waals surface area contributed by atoms with E-state index >= 15 is 0 Å². The predicted molar refractivity (Wildman–Crippen MR) is 90.2 cm³/mol. The Labute approximate surface area is 137 Å². The molecule has 1 aliphatic heterocycles. The van der Waals surface area contributed by atoms with E-state index in [1.54, 1.807) is 14.2 Å². The van der Waals surface area contributed by atoms with Crippen molar-refractivity contribution < 1.29 is 14.2 Å². The van der Waals surface area contributed by atoms with Crippen LogP contribution in [0.5, 0.6) is 11.5 Å². The number of hydrogen-bond donors (Lipinski definition) is 2. The number of guanidine groups is 1. The summed E-state index contributed by atoms with van der Waals surface area (Å²) in [5.41, 5.74) is 6.96. The van der Waals surface area contributed by atoms with E-state index in [0.717, 1.165) is 18.7 Å². The maximum atomic E-state index is 6.11. The van der Waals surface area contributed by atoms with Crippen molar-refractivity contribution in [1.29, 1.82) is 0 Å². The highest BCUT2D eigenvalue weighted by Gasteiger charge is 2.59. The highest BCUT2D eigenvalue weighted by molar-refractivity contribution is 5.92. The fourth-order valence-electron chi connectivity index (χ4n) is 3.80. The van der Waals surface area contributed by atoms with Crippen LogP contribution in [0.15, 0.2) is 23.2 Å². The first-order valence-electron chi connectivity index (χ1n) is 7.91. The van der Waals surface area contributed by atoms with Gasteiger partial charge in [0, 0.05) is 29.7 Å². The molecule has 1 saturated carbocycles. The lowest BCUT2D eigenvalue weighted by molar-refractivity contribution is -0.0985. The minimum Gasteiger partial charge on any atom is -0.493 e. The third kappa shape index (κ3) is 2.72. The maximum absolute atomic E-state index is 6.11. The molecule has 1 heterocycles. The molecule has 3 N–H and O–H groups in total. The molecular weight excluding hydrogens is 294 g/mol. The first-order chi connectivity index (χ1) is 11.0. The molecule has 1 aromatic rings. The SMILES string of the molecule is COc1ccc(NC(N)=NC2C3CCOC3C2(C)C)cc1OC. The molecular formula is C17H25N3O3. The van der Waals surface area contributed by atoms with Gasteiger partial charge in [0.25, 0.3) is 0 Å². The molecule has 1 saturated heterocycles. The van der Waals surface area contributed by atoms with Crippen molar-refractivity contribution in [1.82, 2.24) is 0 Å². The van der Waals surface area contributed by atoms with Crippen LogP contribution in [0.2, 0.25) is 0 Å². The predicted octanol–water partition coefficient (Wildman–Crippen LogP) is 2.24. The lowest BCUT2D eigenvalue weighted by Crippen LogP contribution is -2.59. The van der Waals surface area contributed by atoms with Crippen molar-refractivity contribution in [3.05, 3.63) is 18.2 Å². The second-order valence-electron chi connectivity index (χ2n) is 6.72. The summed E-state index contributed by atoms with van der Waals surface area (Å²) >= 11 is 0. The van der Waals surface area contributed by atoms with Crippen molar-refractivity contribution in [3.63, 3.8) is 0 Å². The number of nitrogens with two attached hydrogens (primary N) is 1. The number of methoxy groups -OCH3 is 2. The second kappa shape index (κ2) is 5.92. The standard InChI is InChI=1S/C17H25N3O3/c1-17(2)14(11-7-8-23-15(11)17)20-16(18)19-10-5-6-12(21-3)13(9-10)22-4/h5-6,9,11,14-15H,7-8H2,1-4H3,(H3,18,19,20).